The molecule has 0 aliphatic carbocycles. The normalized spacial score (nSPS) is 11.6. The molecule has 2 aromatic heterocycles. The predicted octanol–water partition coefficient (Wildman–Crippen LogP) is 13.5. The lowest BCUT2D eigenvalue weighted by molar-refractivity contribution is -0.384. The van der Waals surface area contributed by atoms with Gasteiger partial charge in [0, 0.05) is 39.7 Å². The monoisotopic (exact) mass is 886 g/mol. The number of anilines is 3. The van der Waals surface area contributed by atoms with E-state index in [1.807, 2.05) is 116 Å². The average Bonchev–Trinajstić information content (AvgIpc) is 4.00. The summed E-state index contributed by atoms with van der Waals surface area (Å²) < 4.78 is 6.59. The number of aromatic nitrogens is 3. The van der Waals surface area contributed by atoms with Gasteiger partial charge in [0.15, 0.2) is 10.9 Å². The summed E-state index contributed by atoms with van der Waals surface area (Å²) in [5, 5.41) is 60.3. The molecule has 0 bridgehead atoms. The fourth-order valence-corrected chi connectivity index (χ4v) is 8.32. The summed E-state index contributed by atoms with van der Waals surface area (Å²) in [6, 6.07) is 45.7. The van der Waals surface area contributed by atoms with Crippen molar-refractivity contribution in [3.05, 3.63) is 184 Å². The van der Waals surface area contributed by atoms with Gasteiger partial charge in [-0.25, -0.2) is 4.98 Å². The number of nitro groups is 1. The third-order valence-electron chi connectivity index (χ3n) is 10.9. The molecule has 10 rings (SSSR count). The van der Waals surface area contributed by atoms with Crippen molar-refractivity contribution in [3.8, 4) is 34.4 Å². The number of aryl methyl sites for hydroxylation is 1. The maximum atomic E-state index is 13.5. The number of azo groups is 1. The van der Waals surface area contributed by atoms with Crippen LogP contribution in [0.5, 0.6) is 11.5 Å². The molecule has 0 spiro atoms. The van der Waals surface area contributed by atoms with E-state index in [0.717, 1.165) is 55.6 Å². The molecule has 14 nitrogen and oxygen atoms in total. The number of thiazole rings is 1. The van der Waals surface area contributed by atoms with Crippen molar-refractivity contribution in [2.24, 2.45) is 10.2 Å². The Morgan fingerprint density at radius 3 is 2.03 bits per heavy atom. The Kier molecular flexibility index (Phi) is 10.7. The molecule has 0 unspecified atom stereocenters. The van der Waals surface area contributed by atoms with E-state index >= 15 is 0 Å². The second-order valence-corrected chi connectivity index (χ2v) is 16.3. The molecule has 320 valence electrons. The van der Waals surface area contributed by atoms with Crippen LogP contribution in [0.1, 0.15) is 27.0 Å². The number of nitrogens with zero attached hydrogens (tertiary/aromatic N) is 6. The zero-order valence-electron chi connectivity index (χ0n) is 34.7. The zero-order chi connectivity index (χ0) is 45.3. The Morgan fingerprint density at radius 2 is 1.35 bits per heavy atom. The van der Waals surface area contributed by atoms with Crippen LogP contribution in [0.15, 0.2) is 166 Å². The molecule has 66 heavy (non-hydrogen) atoms. The quantitative estimate of drug-likeness (QED) is 0.0318. The molecule has 15 heteroatoms. The standard InChI is InChI=1S/C51H34N8O6S/c1-29-26-34-6-2-4-8-39(34)44(46(29)60)52-36-22-18-33(19-23-36)50-58-57-49(65-50)32-16-12-30(13-17-32)10-11-31-14-20-37(21-15-31)55-56-45-40-9-5-3-7-35(40)27-41(47(45)61)48(62)54-51-53-42-25-24-38(59(63)64)28-43(42)66-51/h2-28,52,60-61H,1H3,(H,53,54,62)/b11-10+,56-55?. The molecule has 0 saturated heterocycles. The van der Waals surface area contributed by atoms with Crippen molar-refractivity contribution < 1.29 is 24.3 Å². The Balaban J connectivity index is 0.791. The summed E-state index contributed by atoms with van der Waals surface area (Å²) in [5.41, 5.74) is 6.68. The number of phenols is 2. The number of benzene rings is 8. The number of nitro benzene ring substituents is 1. The number of carbonyl (C=O) groups excluding carboxylic acids is 1. The van der Waals surface area contributed by atoms with E-state index in [2.05, 4.69) is 36.0 Å². The van der Waals surface area contributed by atoms with Crippen LogP contribution in [-0.4, -0.2) is 36.2 Å². The van der Waals surface area contributed by atoms with Gasteiger partial charge in [-0.2, -0.15) is 5.11 Å². The lowest BCUT2D eigenvalue weighted by Crippen LogP contribution is -2.12. The number of nitrogens with one attached hydrogen (secondary N) is 2. The number of carbonyl (C=O) groups is 1. The van der Waals surface area contributed by atoms with Gasteiger partial charge in [-0.15, -0.1) is 15.3 Å². The Labute approximate surface area is 379 Å². The molecule has 0 fully saturated rings. The molecule has 0 aliphatic heterocycles. The lowest BCUT2D eigenvalue weighted by Gasteiger charge is -2.14. The highest BCUT2D eigenvalue weighted by Gasteiger charge is 2.21. The SMILES string of the molecule is Cc1cc2ccccc2c(Nc2ccc(-c3nnc(-c4ccc(/C=C/c5ccc(N=Nc6c(O)c(C(=O)Nc7nc8ccc([N+](=O)[O-])cc8s7)cc7ccccc67)cc5)cc4)o3)cc2)c1O. The number of amides is 1. The number of non-ortho nitro benzene ring substituents is 1. The summed E-state index contributed by atoms with van der Waals surface area (Å²) in [5.74, 6) is 0.00489. The average molecular weight is 887 g/mol. The van der Waals surface area contributed by atoms with E-state index < -0.39 is 10.8 Å². The minimum Gasteiger partial charge on any atom is -0.505 e. The number of hydrogen-bond acceptors (Lipinski definition) is 13. The van der Waals surface area contributed by atoms with Gasteiger partial charge in [-0.3, -0.25) is 20.2 Å². The smallest absolute Gasteiger partial charge is 0.270 e. The molecule has 1 amide bonds. The van der Waals surface area contributed by atoms with E-state index in [-0.39, 0.29) is 33.6 Å². The van der Waals surface area contributed by atoms with Crippen molar-refractivity contribution in [1.82, 2.24) is 15.2 Å². The summed E-state index contributed by atoms with van der Waals surface area (Å²) in [6.45, 7) is 1.88. The zero-order valence-corrected chi connectivity index (χ0v) is 35.5. The molecular weight excluding hydrogens is 853 g/mol. The Bertz CT molecular complexity index is 3570. The fraction of sp³-hybridized carbons (Fsp3) is 0.0196. The molecule has 10 aromatic rings. The van der Waals surface area contributed by atoms with Crippen LogP contribution in [-0.2, 0) is 0 Å². The fourth-order valence-electron chi connectivity index (χ4n) is 7.43. The molecule has 0 aliphatic rings. The van der Waals surface area contributed by atoms with Gasteiger partial charge in [0.25, 0.3) is 11.6 Å². The third kappa shape index (κ3) is 8.27. The van der Waals surface area contributed by atoms with Crippen LogP contribution in [0.2, 0.25) is 0 Å². The van der Waals surface area contributed by atoms with Gasteiger partial charge in [0.05, 0.1) is 32.1 Å². The number of rotatable bonds is 11. The van der Waals surface area contributed by atoms with E-state index in [4.69, 9.17) is 4.42 Å². The van der Waals surface area contributed by atoms with Crippen LogP contribution < -0.4 is 10.6 Å². The minimum atomic E-state index is -0.624. The summed E-state index contributed by atoms with van der Waals surface area (Å²) in [7, 11) is 0. The molecule has 0 radical (unpaired) electrons. The maximum absolute atomic E-state index is 13.5. The van der Waals surface area contributed by atoms with Gasteiger partial charge < -0.3 is 19.9 Å². The Hall–Kier alpha value is -9.08. The highest BCUT2D eigenvalue weighted by Crippen LogP contribution is 2.41. The van der Waals surface area contributed by atoms with Crippen LogP contribution in [0.25, 0.3) is 66.8 Å². The second-order valence-electron chi connectivity index (χ2n) is 15.2. The molecular formula is C51H34N8O6S. The highest BCUT2D eigenvalue weighted by molar-refractivity contribution is 7.22. The molecule has 0 atom stereocenters. The van der Waals surface area contributed by atoms with E-state index in [0.29, 0.717) is 44.1 Å². The summed E-state index contributed by atoms with van der Waals surface area (Å²) in [6.07, 6.45) is 3.95. The molecule has 0 saturated carbocycles. The van der Waals surface area contributed by atoms with Crippen molar-refractivity contribution in [2.45, 2.75) is 6.92 Å². The van der Waals surface area contributed by atoms with E-state index in [9.17, 15) is 25.1 Å². The van der Waals surface area contributed by atoms with Gasteiger partial charge >= 0.3 is 0 Å². The molecule has 2 heterocycles. The number of aromatic hydroxyl groups is 2. The van der Waals surface area contributed by atoms with Gasteiger partial charge in [0.2, 0.25) is 11.8 Å². The van der Waals surface area contributed by atoms with E-state index in [1.54, 1.807) is 36.4 Å². The van der Waals surface area contributed by atoms with E-state index in [1.165, 1.54) is 18.2 Å². The van der Waals surface area contributed by atoms with Crippen molar-refractivity contribution in [1.29, 1.82) is 0 Å². The van der Waals surface area contributed by atoms with Gasteiger partial charge in [-0.05, 0) is 101 Å². The lowest BCUT2D eigenvalue weighted by atomic mass is 10.0. The number of hydrogen-bond donors (Lipinski definition) is 4. The number of phenolic OH excluding ortho intramolecular Hbond substituents is 2. The topological polar surface area (TPSA) is 201 Å². The van der Waals surface area contributed by atoms with Crippen molar-refractivity contribution in [2.75, 3.05) is 10.6 Å². The van der Waals surface area contributed by atoms with Gasteiger partial charge in [0.1, 0.15) is 11.4 Å². The first-order valence-electron chi connectivity index (χ1n) is 20.5. The number of fused-ring (bicyclic) bond motifs is 3. The highest BCUT2D eigenvalue weighted by atomic mass is 32.1. The first kappa shape index (κ1) is 41.0. The first-order chi connectivity index (χ1) is 32.1. The van der Waals surface area contributed by atoms with Crippen LogP contribution in [0.3, 0.4) is 0 Å². The van der Waals surface area contributed by atoms with Crippen molar-refractivity contribution in [3.63, 3.8) is 0 Å². The van der Waals surface area contributed by atoms with Gasteiger partial charge in [-0.1, -0.05) is 96.3 Å². The van der Waals surface area contributed by atoms with Crippen molar-refractivity contribution >= 4 is 94.7 Å². The van der Waals surface area contributed by atoms with Crippen LogP contribution in [0, 0.1) is 17.0 Å². The molecule has 4 N–H and O–H groups in total. The first-order valence-corrected chi connectivity index (χ1v) is 21.3. The van der Waals surface area contributed by atoms with Crippen LogP contribution >= 0.6 is 11.3 Å². The maximum Gasteiger partial charge on any atom is 0.270 e. The summed E-state index contributed by atoms with van der Waals surface area (Å²) >= 11 is 1.09. The van der Waals surface area contributed by atoms with Crippen LogP contribution in [0.4, 0.5) is 33.6 Å². The predicted molar refractivity (Wildman–Crippen MR) is 258 cm³/mol. The third-order valence-corrected chi connectivity index (χ3v) is 11.8. The second kappa shape index (κ2) is 17.2. The molecule has 8 aromatic carbocycles. The minimum absolute atomic E-state index is 0.0328. The summed E-state index contributed by atoms with van der Waals surface area (Å²) in [4.78, 5) is 28.6. The Morgan fingerprint density at radius 1 is 0.727 bits per heavy atom. The largest absolute Gasteiger partial charge is 0.505 e.